The van der Waals surface area contributed by atoms with E-state index >= 15 is 0 Å². The van der Waals surface area contributed by atoms with Gasteiger partial charge in [-0.15, -0.1) is 13.2 Å². The smallest absolute Gasteiger partial charge is 0.481 e. The van der Waals surface area contributed by atoms with E-state index in [-0.39, 0.29) is 24.2 Å². The SMILES string of the molecule is CCC[C@H](c1ccc(C(=O)NCCC(=O)O)cc1)[C@@H](C(=O)Nc1ccc(C(F)(F)F)nc1)c1ccc(OC(F)(F)F)cc1. The van der Waals surface area contributed by atoms with E-state index in [1.165, 1.54) is 24.3 Å². The van der Waals surface area contributed by atoms with Crippen LogP contribution in [0.3, 0.4) is 0 Å². The number of alkyl halides is 6. The molecule has 0 saturated carbocycles. The molecule has 2 aromatic carbocycles. The second-order valence-electron chi connectivity index (χ2n) is 9.43. The number of hydrogen-bond donors (Lipinski definition) is 3. The number of ether oxygens (including phenoxy) is 1. The highest BCUT2D eigenvalue weighted by Crippen LogP contribution is 2.39. The highest BCUT2D eigenvalue weighted by molar-refractivity contribution is 5.97. The lowest BCUT2D eigenvalue weighted by Gasteiger charge is -2.27. The predicted molar refractivity (Wildman–Crippen MR) is 142 cm³/mol. The summed E-state index contributed by atoms with van der Waals surface area (Å²) in [6.07, 6.45) is -8.04. The molecule has 0 saturated heterocycles. The highest BCUT2D eigenvalue weighted by Gasteiger charge is 2.34. The summed E-state index contributed by atoms with van der Waals surface area (Å²) < 4.78 is 80.8. The fourth-order valence-corrected chi connectivity index (χ4v) is 4.40. The number of nitrogens with one attached hydrogen (secondary N) is 2. The lowest BCUT2D eigenvalue weighted by molar-refractivity contribution is -0.274. The van der Waals surface area contributed by atoms with Crippen molar-refractivity contribution >= 4 is 23.5 Å². The summed E-state index contributed by atoms with van der Waals surface area (Å²) in [5.74, 6) is -4.35. The van der Waals surface area contributed by atoms with Gasteiger partial charge in [0.05, 0.1) is 24.2 Å². The first-order chi connectivity index (χ1) is 20.2. The predicted octanol–water partition coefficient (Wildman–Crippen LogP) is 6.51. The molecule has 1 heterocycles. The molecule has 3 N–H and O–H groups in total. The molecule has 230 valence electrons. The third-order valence-electron chi connectivity index (χ3n) is 6.30. The van der Waals surface area contributed by atoms with Crippen LogP contribution in [0.4, 0.5) is 32.0 Å². The third kappa shape index (κ3) is 9.72. The van der Waals surface area contributed by atoms with Crippen molar-refractivity contribution in [2.45, 2.75) is 50.6 Å². The summed E-state index contributed by atoms with van der Waals surface area (Å²) >= 11 is 0. The van der Waals surface area contributed by atoms with Gasteiger partial charge >= 0.3 is 18.5 Å². The van der Waals surface area contributed by atoms with Crippen LogP contribution in [0.5, 0.6) is 5.75 Å². The largest absolute Gasteiger partial charge is 0.573 e. The lowest BCUT2D eigenvalue weighted by Crippen LogP contribution is -2.27. The molecular formula is C29H27F6N3O5. The number of carbonyl (C=O) groups is 3. The molecule has 0 radical (unpaired) electrons. The second-order valence-corrected chi connectivity index (χ2v) is 9.43. The topological polar surface area (TPSA) is 118 Å². The Balaban J connectivity index is 1.95. The van der Waals surface area contributed by atoms with Crippen molar-refractivity contribution < 1.29 is 50.6 Å². The van der Waals surface area contributed by atoms with Gasteiger partial charge < -0.3 is 20.5 Å². The average Bonchev–Trinajstić information content (AvgIpc) is 2.92. The minimum Gasteiger partial charge on any atom is -0.481 e. The van der Waals surface area contributed by atoms with Gasteiger partial charge in [0.2, 0.25) is 5.91 Å². The fraction of sp³-hybridized carbons (Fsp3) is 0.310. The van der Waals surface area contributed by atoms with Crippen molar-refractivity contribution in [1.82, 2.24) is 10.3 Å². The van der Waals surface area contributed by atoms with Crippen LogP contribution in [-0.4, -0.2) is 40.8 Å². The molecular weight excluding hydrogens is 584 g/mol. The van der Waals surface area contributed by atoms with Crippen molar-refractivity contribution in [2.24, 2.45) is 0 Å². The Bertz CT molecular complexity index is 1390. The number of nitrogens with zero attached hydrogens (tertiary/aromatic N) is 1. The van der Waals surface area contributed by atoms with Crippen LogP contribution in [0.1, 0.15) is 65.2 Å². The molecule has 1 aromatic heterocycles. The van der Waals surface area contributed by atoms with E-state index in [2.05, 4.69) is 20.4 Å². The van der Waals surface area contributed by atoms with Crippen molar-refractivity contribution in [2.75, 3.05) is 11.9 Å². The summed E-state index contributed by atoms with van der Waals surface area (Å²) in [5, 5.41) is 13.8. The maximum atomic E-state index is 13.7. The number of amides is 2. The van der Waals surface area contributed by atoms with Crippen molar-refractivity contribution in [3.8, 4) is 5.75 Å². The van der Waals surface area contributed by atoms with E-state index in [0.717, 1.165) is 24.4 Å². The number of aliphatic carboxylic acids is 1. The van der Waals surface area contributed by atoms with Crippen LogP contribution in [0, 0.1) is 0 Å². The lowest BCUT2D eigenvalue weighted by atomic mass is 9.78. The maximum absolute atomic E-state index is 13.7. The van der Waals surface area contributed by atoms with Gasteiger partial charge in [-0.25, -0.2) is 4.98 Å². The first kappa shape index (κ1) is 32.9. The van der Waals surface area contributed by atoms with E-state index in [4.69, 9.17) is 5.11 Å². The summed E-state index contributed by atoms with van der Waals surface area (Å²) in [6.45, 7) is 1.77. The monoisotopic (exact) mass is 611 g/mol. The standard InChI is InChI=1S/C29H27F6N3O5/c1-2-3-22(17-4-6-19(7-5-17)26(41)36-15-14-24(39)40)25(18-8-11-21(12-9-18)43-29(33,34)35)27(42)38-20-10-13-23(37-16-20)28(30,31)32/h4-13,16,22,25H,2-3,14-15H2,1H3,(H,36,41)(H,38,42)(H,39,40)/t22-,25+/m1/s1. The first-order valence-electron chi connectivity index (χ1n) is 13.0. The Kier molecular flexibility index (Phi) is 10.7. The third-order valence-corrected chi connectivity index (χ3v) is 6.30. The fourth-order valence-electron chi connectivity index (χ4n) is 4.40. The van der Waals surface area contributed by atoms with Gasteiger partial charge in [-0.1, -0.05) is 37.6 Å². The number of carboxylic acid groups (broad SMARTS) is 1. The van der Waals surface area contributed by atoms with Crippen LogP contribution in [-0.2, 0) is 15.8 Å². The van der Waals surface area contributed by atoms with Gasteiger partial charge in [-0.2, -0.15) is 13.2 Å². The van der Waals surface area contributed by atoms with E-state index in [1.807, 2.05) is 6.92 Å². The van der Waals surface area contributed by atoms with Gasteiger partial charge in [-0.05, 0) is 59.9 Å². The quantitative estimate of drug-likeness (QED) is 0.201. The number of carbonyl (C=O) groups excluding carboxylic acids is 2. The number of benzene rings is 2. The highest BCUT2D eigenvalue weighted by atomic mass is 19.4. The number of hydrogen-bond acceptors (Lipinski definition) is 5. The zero-order chi connectivity index (χ0) is 31.8. The normalized spacial score (nSPS) is 13.1. The van der Waals surface area contributed by atoms with E-state index in [9.17, 15) is 40.7 Å². The molecule has 0 spiro atoms. The van der Waals surface area contributed by atoms with Crippen LogP contribution in [0.2, 0.25) is 0 Å². The molecule has 0 aliphatic rings. The molecule has 0 bridgehead atoms. The average molecular weight is 612 g/mol. The van der Waals surface area contributed by atoms with Crippen molar-refractivity contribution in [1.29, 1.82) is 0 Å². The number of aromatic nitrogens is 1. The Morgan fingerprint density at radius 1 is 0.907 bits per heavy atom. The summed E-state index contributed by atoms with van der Waals surface area (Å²) in [5.41, 5.74) is -0.0390. The molecule has 8 nitrogen and oxygen atoms in total. The first-order valence-corrected chi connectivity index (χ1v) is 13.0. The van der Waals surface area contributed by atoms with Crippen molar-refractivity contribution in [3.05, 3.63) is 89.2 Å². The zero-order valence-corrected chi connectivity index (χ0v) is 22.6. The number of carboxylic acids is 1. The summed E-state index contributed by atoms with van der Waals surface area (Å²) in [6, 6.07) is 12.6. The Morgan fingerprint density at radius 2 is 1.53 bits per heavy atom. The molecule has 2 amide bonds. The second kappa shape index (κ2) is 14.0. The Labute approximate surface area is 242 Å². The van der Waals surface area contributed by atoms with Gasteiger partial charge in [-0.3, -0.25) is 14.4 Å². The molecule has 0 fully saturated rings. The minimum absolute atomic E-state index is 0.0244. The summed E-state index contributed by atoms with van der Waals surface area (Å²) in [4.78, 5) is 40.1. The number of rotatable bonds is 12. The Morgan fingerprint density at radius 3 is 2.05 bits per heavy atom. The molecule has 0 aliphatic heterocycles. The number of anilines is 1. The van der Waals surface area contributed by atoms with Crippen LogP contribution in [0.25, 0.3) is 0 Å². The Hall–Kier alpha value is -4.62. The molecule has 0 aliphatic carbocycles. The van der Waals surface area contributed by atoms with Crippen LogP contribution in [0.15, 0.2) is 66.9 Å². The molecule has 3 rings (SSSR count). The van der Waals surface area contributed by atoms with E-state index < -0.39 is 53.6 Å². The summed E-state index contributed by atoms with van der Waals surface area (Å²) in [7, 11) is 0. The van der Waals surface area contributed by atoms with Crippen molar-refractivity contribution in [3.63, 3.8) is 0 Å². The van der Waals surface area contributed by atoms with Crippen LogP contribution >= 0.6 is 0 Å². The molecule has 3 aromatic rings. The number of halogens is 6. The van der Waals surface area contributed by atoms with E-state index in [0.29, 0.717) is 30.0 Å². The number of pyridine rings is 1. The van der Waals surface area contributed by atoms with Gasteiger partial charge in [0.25, 0.3) is 5.91 Å². The van der Waals surface area contributed by atoms with Gasteiger partial charge in [0.15, 0.2) is 0 Å². The van der Waals surface area contributed by atoms with Gasteiger partial charge in [0.1, 0.15) is 11.4 Å². The molecule has 2 atom stereocenters. The molecule has 0 unspecified atom stereocenters. The zero-order valence-electron chi connectivity index (χ0n) is 22.6. The molecule has 43 heavy (non-hydrogen) atoms. The van der Waals surface area contributed by atoms with Gasteiger partial charge in [0, 0.05) is 12.1 Å². The maximum Gasteiger partial charge on any atom is 0.573 e. The van der Waals surface area contributed by atoms with Crippen LogP contribution < -0.4 is 15.4 Å². The minimum atomic E-state index is -4.93. The van der Waals surface area contributed by atoms with E-state index in [1.54, 1.807) is 12.1 Å². The molecule has 14 heteroatoms.